The number of phenolic OH excluding ortho intramolecular Hbond substituents is 1. The van der Waals surface area contributed by atoms with Crippen LogP contribution in [0.3, 0.4) is 0 Å². The van der Waals surface area contributed by atoms with Gasteiger partial charge in [-0.15, -0.1) is 0 Å². The first kappa shape index (κ1) is 17.4. The maximum Gasteiger partial charge on any atom is 0.310 e. The average Bonchev–Trinajstić information content (AvgIpc) is 2.65. The van der Waals surface area contributed by atoms with Crippen molar-refractivity contribution in [2.45, 2.75) is 26.3 Å². The molecule has 0 spiro atoms. The lowest BCUT2D eigenvalue weighted by Crippen LogP contribution is -2.38. The van der Waals surface area contributed by atoms with Gasteiger partial charge in [-0.25, -0.2) is 9.97 Å². The van der Waals surface area contributed by atoms with Crippen molar-refractivity contribution in [3.8, 4) is 17.1 Å². The van der Waals surface area contributed by atoms with E-state index in [-0.39, 0.29) is 17.6 Å². The number of piperidine rings is 1. The maximum atomic E-state index is 12.0. The number of carbonyl (C=O) groups is 1. The van der Waals surface area contributed by atoms with Crippen LogP contribution in [0.15, 0.2) is 36.7 Å². The summed E-state index contributed by atoms with van der Waals surface area (Å²) in [4.78, 5) is 22.7. The SMILES string of the molecule is CCOC(=O)C1CCCN(Cc2cc(-c3ncccn3)ccc2O)C1. The summed E-state index contributed by atoms with van der Waals surface area (Å²) in [5.74, 6) is 0.670. The van der Waals surface area contributed by atoms with Gasteiger partial charge in [0.15, 0.2) is 5.82 Å². The van der Waals surface area contributed by atoms with Gasteiger partial charge in [-0.3, -0.25) is 9.69 Å². The fourth-order valence-electron chi connectivity index (χ4n) is 3.19. The molecule has 2 heterocycles. The van der Waals surface area contributed by atoms with Crippen LogP contribution in [0.1, 0.15) is 25.3 Å². The van der Waals surface area contributed by atoms with Gasteiger partial charge in [0.1, 0.15) is 5.75 Å². The van der Waals surface area contributed by atoms with Gasteiger partial charge in [-0.2, -0.15) is 0 Å². The van der Waals surface area contributed by atoms with E-state index in [1.54, 1.807) is 24.5 Å². The highest BCUT2D eigenvalue weighted by Gasteiger charge is 2.27. The van der Waals surface area contributed by atoms with Crippen molar-refractivity contribution < 1.29 is 14.6 Å². The van der Waals surface area contributed by atoms with Crippen LogP contribution in [0.5, 0.6) is 5.75 Å². The molecule has 6 nitrogen and oxygen atoms in total. The first-order chi connectivity index (χ1) is 12.2. The second-order valence-electron chi connectivity index (χ2n) is 6.24. The predicted octanol–water partition coefficient (Wildman–Crippen LogP) is 2.62. The molecular weight excluding hydrogens is 318 g/mol. The van der Waals surface area contributed by atoms with Crippen molar-refractivity contribution in [3.63, 3.8) is 0 Å². The quantitative estimate of drug-likeness (QED) is 0.843. The largest absolute Gasteiger partial charge is 0.508 e. The molecule has 2 aromatic rings. The minimum atomic E-state index is -0.122. The van der Waals surface area contributed by atoms with Gasteiger partial charge in [0.2, 0.25) is 0 Å². The summed E-state index contributed by atoms with van der Waals surface area (Å²) in [6.07, 6.45) is 5.21. The molecule has 1 aromatic heterocycles. The molecule has 132 valence electrons. The first-order valence-corrected chi connectivity index (χ1v) is 8.65. The van der Waals surface area contributed by atoms with Gasteiger partial charge in [0.25, 0.3) is 0 Å². The Hall–Kier alpha value is -2.47. The number of rotatable bonds is 5. The molecule has 3 rings (SSSR count). The van der Waals surface area contributed by atoms with Gasteiger partial charge in [0, 0.05) is 36.6 Å². The summed E-state index contributed by atoms with van der Waals surface area (Å²) < 4.78 is 5.15. The van der Waals surface area contributed by atoms with Crippen molar-refractivity contribution in [1.82, 2.24) is 14.9 Å². The second kappa shape index (κ2) is 8.07. The Morgan fingerprint density at radius 2 is 2.16 bits per heavy atom. The third-order valence-electron chi connectivity index (χ3n) is 4.42. The van der Waals surface area contributed by atoms with Gasteiger partial charge in [0.05, 0.1) is 12.5 Å². The summed E-state index contributed by atoms with van der Waals surface area (Å²) in [5, 5.41) is 10.2. The normalized spacial score (nSPS) is 18.0. The number of hydrogen-bond acceptors (Lipinski definition) is 6. The minimum absolute atomic E-state index is 0.0866. The molecule has 0 saturated carbocycles. The van der Waals surface area contributed by atoms with Crippen LogP contribution in [-0.2, 0) is 16.1 Å². The second-order valence-corrected chi connectivity index (χ2v) is 6.24. The zero-order chi connectivity index (χ0) is 17.6. The number of phenols is 1. The molecule has 6 heteroatoms. The molecule has 1 N–H and O–H groups in total. The smallest absolute Gasteiger partial charge is 0.310 e. The Kier molecular flexibility index (Phi) is 5.60. The van der Waals surface area contributed by atoms with E-state index < -0.39 is 0 Å². The number of carbonyl (C=O) groups excluding carboxylic acids is 1. The molecule has 1 aliphatic heterocycles. The van der Waals surface area contributed by atoms with E-state index in [0.29, 0.717) is 25.5 Å². The van der Waals surface area contributed by atoms with Crippen LogP contribution in [0, 0.1) is 5.92 Å². The number of likely N-dealkylation sites (tertiary alicyclic amines) is 1. The molecule has 0 amide bonds. The van der Waals surface area contributed by atoms with Gasteiger partial charge < -0.3 is 9.84 Å². The Bertz CT molecular complexity index is 721. The minimum Gasteiger partial charge on any atom is -0.508 e. The lowest BCUT2D eigenvalue weighted by molar-refractivity contribution is -0.150. The van der Waals surface area contributed by atoms with Crippen LogP contribution in [0.25, 0.3) is 11.4 Å². The fraction of sp³-hybridized carbons (Fsp3) is 0.421. The van der Waals surface area contributed by atoms with Crippen molar-refractivity contribution in [2.24, 2.45) is 5.92 Å². The predicted molar refractivity (Wildman–Crippen MR) is 93.8 cm³/mol. The number of benzene rings is 1. The number of nitrogens with zero attached hydrogens (tertiary/aromatic N) is 3. The van der Waals surface area contributed by atoms with Crippen molar-refractivity contribution in [2.75, 3.05) is 19.7 Å². The van der Waals surface area contributed by atoms with Crippen LogP contribution < -0.4 is 0 Å². The highest BCUT2D eigenvalue weighted by Crippen LogP contribution is 2.27. The number of aromatic hydroxyl groups is 1. The molecule has 25 heavy (non-hydrogen) atoms. The Labute approximate surface area is 147 Å². The lowest BCUT2D eigenvalue weighted by atomic mass is 9.97. The summed E-state index contributed by atoms with van der Waals surface area (Å²) in [5.41, 5.74) is 1.68. The van der Waals surface area contributed by atoms with Crippen LogP contribution in [0.2, 0.25) is 0 Å². The lowest BCUT2D eigenvalue weighted by Gasteiger charge is -2.31. The molecule has 1 aromatic carbocycles. The first-order valence-electron chi connectivity index (χ1n) is 8.65. The summed E-state index contributed by atoms with van der Waals surface area (Å²) in [6.45, 7) is 4.39. The summed E-state index contributed by atoms with van der Waals surface area (Å²) in [7, 11) is 0. The van der Waals surface area contributed by atoms with E-state index in [1.807, 2.05) is 19.1 Å². The van der Waals surface area contributed by atoms with Crippen LogP contribution >= 0.6 is 0 Å². The van der Waals surface area contributed by atoms with E-state index in [9.17, 15) is 9.90 Å². The monoisotopic (exact) mass is 341 g/mol. The van der Waals surface area contributed by atoms with E-state index in [0.717, 1.165) is 30.5 Å². The van der Waals surface area contributed by atoms with E-state index in [4.69, 9.17) is 4.74 Å². The highest BCUT2D eigenvalue weighted by molar-refractivity contribution is 5.72. The zero-order valence-corrected chi connectivity index (χ0v) is 14.4. The van der Waals surface area contributed by atoms with E-state index in [1.165, 1.54) is 0 Å². The Balaban J connectivity index is 1.73. The molecule has 1 atom stereocenters. The fourth-order valence-corrected chi connectivity index (χ4v) is 3.19. The van der Waals surface area contributed by atoms with Gasteiger partial charge in [-0.1, -0.05) is 0 Å². The maximum absolute atomic E-state index is 12.0. The molecule has 1 saturated heterocycles. The molecule has 1 unspecified atom stereocenters. The number of aromatic nitrogens is 2. The third kappa shape index (κ3) is 4.33. The van der Waals surface area contributed by atoms with E-state index >= 15 is 0 Å². The molecule has 0 radical (unpaired) electrons. The average molecular weight is 341 g/mol. The molecule has 0 bridgehead atoms. The van der Waals surface area contributed by atoms with Crippen molar-refractivity contribution in [1.29, 1.82) is 0 Å². The zero-order valence-electron chi connectivity index (χ0n) is 14.4. The van der Waals surface area contributed by atoms with Crippen molar-refractivity contribution in [3.05, 3.63) is 42.2 Å². The molecule has 0 aliphatic carbocycles. The summed E-state index contributed by atoms with van der Waals surface area (Å²) in [6, 6.07) is 7.17. The molecule has 1 aliphatic rings. The van der Waals surface area contributed by atoms with Crippen molar-refractivity contribution >= 4 is 5.97 Å². The topological polar surface area (TPSA) is 75.5 Å². The third-order valence-corrected chi connectivity index (χ3v) is 4.42. The molecule has 1 fully saturated rings. The Morgan fingerprint density at radius 1 is 1.36 bits per heavy atom. The Morgan fingerprint density at radius 3 is 2.92 bits per heavy atom. The highest BCUT2D eigenvalue weighted by atomic mass is 16.5. The molecular formula is C19H23N3O3. The summed E-state index contributed by atoms with van der Waals surface area (Å²) >= 11 is 0. The number of hydrogen-bond donors (Lipinski definition) is 1. The van der Waals surface area contributed by atoms with E-state index in [2.05, 4.69) is 14.9 Å². The number of esters is 1. The van der Waals surface area contributed by atoms with Crippen LogP contribution in [-0.4, -0.2) is 45.6 Å². The number of ether oxygens (including phenoxy) is 1. The van der Waals surface area contributed by atoms with Gasteiger partial charge >= 0.3 is 5.97 Å². The van der Waals surface area contributed by atoms with Gasteiger partial charge in [-0.05, 0) is 50.6 Å². The van der Waals surface area contributed by atoms with Crippen LogP contribution in [0.4, 0.5) is 0 Å². The standard InChI is InChI=1S/C19H23N3O3/c1-2-25-19(24)15-5-3-10-22(12-15)13-16-11-14(6-7-17(16)23)18-20-8-4-9-21-18/h4,6-9,11,15,23H,2-3,5,10,12-13H2,1H3.